The molecule has 8 heteroatoms. The molecule has 5 nitrogen and oxygen atoms in total. The van der Waals surface area contributed by atoms with E-state index < -0.39 is 17.8 Å². The van der Waals surface area contributed by atoms with Gasteiger partial charge in [-0.15, -0.1) is 0 Å². The number of ether oxygens (including phenoxy) is 1. The van der Waals surface area contributed by atoms with E-state index in [0.717, 1.165) is 6.42 Å². The zero-order valence-corrected chi connectivity index (χ0v) is 17.8. The van der Waals surface area contributed by atoms with Crippen molar-refractivity contribution in [2.24, 2.45) is 0 Å². The van der Waals surface area contributed by atoms with Gasteiger partial charge >= 0.3 is 6.09 Å². The minimum Gasteiger partial charge on any atom is -0.444 e. The van der Waals surface area contributed by atoms with E-state index in [4.69, 9.17) is 40.2 Å². The standard InChI is InChI=1S/C18H26Cl2N2O3S/c1-5-6-14(22-17(24)25-18(2,3)4)16(26)21-10-15(23)12-8-7-11(19)9-13(12)20/h7-9,14-15,23H,5-6,10H2,1-4H3,(H,21,26)(H,22,24). The average Bonchev–Trinajstić information content (AvgIpc) is 2.50. The van der Waals surface area contributed by atoms with Crippen molar-refractivity contribution >= 4 is 46.5 Å². The largest absolute Gasteiger partial charge is 0.444 e. The van der Waals surface area contributed by atoms with Gasteiger partial charge in [0.25, 0.3) is 0 Å². The molecule has 0 aliphatic heterocycles. The molecule has 26 heavy (non-hydrogen) atoms. The van der Waals surface area contributed by atoms with E-state index >= 15 is 0 Å². The molecule has 0 heterocycles. The van der Waals surface area contributed by atoms with Crippen molar-refractivity contribution in [3.8, 4) is 0 Å². The minimum atomic E-state index is -0.860. The first kappa shape index (κ1) is 23.0. The van der Waals surface area contributed by atoms with Crippen LogP contribution in [0.5, 0.6) is 0 Å². The van der Waals surface area contributed by atoms with Crippen LogP contribution in [0.15, 0.2) is 18.2 Å². The van der Waals surface area contributed by atoms with Crippen LogP contribution >= 0.6 is 35.4 Å². The third-order valence-corrected chi connectivity index (χ3v) is 4.37. The minimum absolute atomic E-state index is 0.163. The normalized spacial score (nSPS) is 13.7. The Morgan fingerprint density at radius 2 is 2.00 bits per heavy atom. The molecule has 0 fully saturated rings. The van der Waals surface area contributed by atoms with Gasteiger partial charge in [-0.05, 0) is 39.3 Å². The number of aliphatic hydroxyl groups excluding tert-OH is 1. The fourth-order valence-corrected chi connectivity index (χ4v) is 3.00. The summed E-state index contributed by atoms with van der Waals surface area (Å²) in [6.45, 7) is 7.55. The second-order valence-corrected chi connectivity index (χ2v) is 8.20. The first-order valence-corrected chi connectivity index (χ1v) is 9.60. The molecule has 0 spiro atoms. The van der Waals surface area contributed by atoms with Crippen LogP contribution in [0.2, 0.25) is 10.0 Å². The predicted molar refractivity (Wildman–Crippen MR) is 110 cm³/mol. The smallest absolute Gasteiger partial charge is 0.408 e. The van der Waals surface area contributed by atoms with Crippen LogP contribution in [0.3, 0.4) is 0 Å². The lowest BCUT2D eigenvalue weighted by Crippen LogP contribution is -2.48. The van der Waals surface area contributed by atoms with E-state index in [0.29, 0.717) is 27.0 Å². The van der Waals surface area contributed by atoms with Gasteiger partial charge < -0.3 is 20.5 Å². The van der Waals surface area contributed by atoms with Crippen molar-refractivity contribution in [3.63, 3.8) is 0 Å². The summed E-state index contributed by atoms with van der Waals surface area (Å²) in [5, 5.41) is 17.0. The highest BCUT2D eigenvalue weighted by atomic mass is 35.5. The maximum atomic E-state index is 12.0. The first-order valence-electron chi connectivity index (χ1n) is 8.43. The fraction of sp³-hybridized carbons (Fsp3) is 0.556. The van der Waals surface area contributed by atoms with Gasteiger partial charge in [-0.25, -0.2) is 4.79 Å². The number of amides is 1. The fourth-order valence-electron chi connectivity index (χ4n) is 2.21. The Balaban J connectivity index is 2.65. The Morgan fingerprint density at radius 1 is 1.35 bits per heavy atom. The molecule has 2 atom stereocenters. The van der Waals surface area contributed by atoms with Crippen LogP contribution in [0.1, 0.15) is 52.2 Å². The number of aliphatic hydroxyl groups is 1. The summed E-state index contributed by atoms with van der Waals surface area (Å²) in [5.74, 6) is 0. The molecule has 1 rings (SSSR count). The molecule has 1 amide bonds. The number of rotatable bonds is 7. The zero-order valence-electron chi connectivity index (χ0n) is 15.4. The molecule has 1 aromatic rings. The number of carbonyl (C=O) groups excluding carboxylic acids is 1. The van der Waals surface area contributed by atoms with E-state index in [1.807, 2.05) is 6.92 Å². The summed E-state index contributed by atoms with van der Waals surface area (Å²) in [5.41, 5.74) is -0.0317. The molecule has 0 saturated carbocycles. The zero-order chi connectivity index (χ0) is 19.9. The van der Waals surface area contributed by atoms with Gasteiger partial charge in [-0.3, -0.25) is 0 Å². The van der Waals surface area contributed by atoms with Gasteiger partial charge in [-0.2, -0.15) is 0 Å². The van der Waals surface area contributed by atoms with Crippen LogP contribution < -0.4 is 10.6 Å². The van der Waals surface area contributed by atoms with E-state index in [-0.39, 0.29) is 12.6 Å². The van der Waals surface area contributed by atoms with Crippen LogP contribution in [0.4, 0.5) is 4.79 Å². The number of alkyl carbamates (subject to hydrolysis) is 1. The molecule has 0 bridgehead atoms. The Morgan fingerprint density at radius 3 is 2.54 bits per heavy atom. The Kier molecular flexibility index (Phi) is 9.10. The molecule has 1 aromatic carbocycles. The SMILES string of the molecule is CCCC(NC(=O)OC(C)(C)C)C(=S)NCC(O)c1ccc(Cl)cc1Cl. The number of hydrogen-bond acceptors (Lipinski definition) is 4. The highest BCUT2D eigenvalue weighted by molar-refractivity contribution is 7.80. The number of benzene rings is 1. The first-order chi connectivity index (χ1) is 12.0. The predicted octanol–water partition coefficient (Wildman–Crippen LogP) is 4.64. The van der Waals surface area contributed by atoms with Crippen LogP contribution in [-0.2, 0) is 4.74 Å². The summed E-state index contributed by atoms with van der Waals surface area (Å²) in [4.78, 5) is 12.4. The third-order valence-electron chi connectivity index (χ3n) is 3.38. The van der Waals surface area contributed by atoms with Crippen molar-refractivity contribution in [2.45, 2.75) is 58.3 Å². The lowest BCUT2D eigenvalue weighted by molar-refractivity contribution is 0.0516. The van der Waals surface area contributed by atoms with Crippen LogP contribution in [0, 0.1) is 0 Å². The molecular formula is C18H26Cl2N2O3S. The maximum absolute atomic E-state index is 12.0. The lowest BCUT2D eigenvalue weighted by atomic mass is 10.1. The second-order valence-electron chi connectivity index (χ2n) is 6.91. The maximum Gasteiger partial charge on any atom is 0.408 e. The number of thiocarbonyl (C=S) groups is 1. The summed E-state index contributed by atoms with van der Waals surface area (Å²) in [6.07, 6.45) is 0.0967. The molecule has 0 aliphatic carbocycles. The van der Waals surface area contributed by atoms with Crippen molar-refractivity contribution < 1.29 is 14.6 Å². The molecule has 0 saturated heterocycles. The van der Waals surface area contributed by atoms with Gasteiger partial charge in [0.15, 0.2) is 0 Å². The lowest BCUT2D eigenvalue weighted by Gasteiger charge is -2.25. The van der Waals surface area contributed by atoms with Crippen molar-refractivity contribution in [1.29, 1.82) is 0 Å². The van der Waals surface area contributed by atoms with Gasteiger partial charge in [0.2, 0.25) is 0 Å². The Labute approximate surface area is 170 Å². The van der Waals surface area contributed by atoms with E-state index in [1.54, 1.807) is 39.0 Å². The average molecular weight is 421 g/mol. The van der Waals surface area contributed by atoms with Crippen molar-refractivity contribution in [3.05, 3.63) is 33.8 Å². The van der Waals surface area contributed by atoms with Crippen molar-refractivity contribution in [1.82, 2.24) is 10.6 Å². The van der Waals surface area contributed by atoms with Crippen molar-refractivity contribution in [2.75, 3.05) is 6.54 Å². The van der Waals surface area contributed by atoms with E-state index in [2.05, 4.69) is 10.6 Å². The number of carbonyl (C=O) groups is 1. The number of nitrogens with one attached hydrogen (secondary N) is 2. The third kappa shape index (κ3) is 8.08. The Bertz CT molecular complexity index is 635. The molecule has 0 radical (unpaired) electrons. The summed E-state index contributed by atoms with van der Waals surface area (Å²) >= 11 is 17.3. The highest BCUT2D eigenvalue weighted by Gasteiger charge is 2.22. The summed E-state index contributed by atoms with van der Waals surface area (Å²) in [7, 11) is 0. The molecule has 0 aliphatic rings. The summed E-state index contributed by atoms with van der Waals surface area (Å²) < 4.78 is 5.27. The number of hydrogen-bond donors (Lipinski definition) is 3. The molecule has 2 unspecified atom stereocenters. The second kappa shape index (κ2) is 10.3. The van der Waals surface area contributed by atoms with Gasteiger partial charge in [0.05, 0.1) is 17.1 Å². The monoisotopic (exact) mass is 420 g/mol. The summed E-state index contributed by atoms with van der Waals surface area (Å²) in [6, 6.07) is 4.53. The molecular weight excluding hydrogens is 395 g/mol. The molecule has 146 valence electrons. The van der Waals surface area contributed by atoms with Crippen LogP contribution in [0.25, 0.3) is 0 Å². The quantitative estimate of drug-likeness (QED) is 0.560. The van der Waals surface area contributed by atoms with E-state index in [9.17, 15) is 9.90 Å². The molecule has 3 N–H and O–H groups in total. The topological polar surface area (TPSA) is 70.6 Å². The van der Waals surface area contributed by atoms with E-state index in [1.165, 1.54) is 0 Å². The highest BCUT2D eigenvalue weighted by Crippen LogP contribution is 2.26. The van der Waals surface area contributed by atoms with Gasteiger partial charge in [-0.1, -0.05) is 54.8 Å². The number of halogens is 2. The van der Waals surface area contributed by atoms with Crippen LogP contribution in [-0.4, -0.2) is 34.4 Å². The van der Waals surface area contributed by atoms with Gasteiger partial charge in [0.1, 0.15) is 5.60 Å². The Hall–Kier alpha value is -1.08. The molecule has 0 aromatic heterocycles. The van der Waals surface area contributed by atoms with Gasteiger partial charge in [0, 0.05) is 22.2 Å².